The predicted molar refractivity (Wildman–Crippen MR) is 40.5 cm³/mol. The van der Waals surface area contributed by atoms with Crippen molar-refractivity contribution in [3.63, 3.8) is 0 Å². The Balaban J connectivity index is -0.0000000833. The first kappa shape index (κ1) is 19.5. The Morgan fingerprint density at radius 2 is 1.31 bits per heavy atom. The maximum atomic E-state index is 10.2. The summed E-state index contributed by atoms with van der Waals surface area (Å²) in [7, 11) is 0. The van der Waals surface area contributed by atoms with E-state index in [1.54, 1.807) is 13.8 Å². The predicted octanol–water partition coefficient (Wildman–Crippen LogP) is -4.80. The molecule has 0 amide bonds. The zero-order valence-corrected chi connectivity index (χ0v) is 12.6. The number of hydrogen-bond donors (Lipinski definition) is 2. The summed E-state index contributed by atoms with van der Waals surface area (Å²) < 4.78 is 0. The van der Waals surface area contributed by atoms with Crippen molar-refractivity contribution in [1.82, 2.24) is 0 Å². The van der Waals surface area contributed by atoms with Crippen LogP contribution in [-0.4, -0.2) is 22.2 Å². The molecule has 0 aromatic carbocycles. The molecule has 0 aliphatic heterocycles. The van der Waals surface area contributed by atoms with Crippen LogP contribution in [0.4, 0.5) is 0 Å². The quantitative estimate of drug-likeness (QED) is 0.455. The molecule has 0 unspecified atom stereocenters. The molecule has 0 atom stereocenters. The van der Waals surface area contributed by atoms with Gasteiger partial charge >= 0.3 is 71.1 Å². The van der Waals surface area contributed by atoms with Crippen LogP contribution in [0.25, 0.3) is 0 Å². The summed E-state index contributed by atoms with van der Waals surface area (Å²) in [5.74, 6) is -1.92. The van der Waals surface area contributed by atoms with Gasteiger partial charge in [-0.3, -0.25) is 9.59 Å². The van der Waals surface area contributed by atoms with Crippen molar-refractivity contribution in [3.05, 3.63) is 0 Å². The van der Waals surface area contributed by atoms with Gasteiger partial charge in [-0.05, 0) is 5.41 Å². The number of carboxylic acids is 2. The minimum atomic E-state index is -0.962. The SMILES string of the molecule is CC(C)(CC(=O)O)CC(=O)O.[H-].[H-].[Na+].[Na+]. The molecule has 0 bridgehead atoms. The van der Waals surface area contributed by atoms with E-state index in [-0.39, 0.29) is 74.8 Å². The smallest absolute Gasteiger partial charge is 1.00 e. The van der Waals surface area contributed by atoms with Crippen LogP contribution < -0.4 is 59.1 Å². The van der Waals surface area contributed by atoms with Crippen molar-refractivity contribution >= 4 is 11.9 Å². The molecule has 0 aliphatic carbocycles. The average molecular weight is 208 g/mol. The van der Waals surface area contributed by atoms with E-state index >= 15 is 0 Å². The minimum Gasteiger partial charge on any atom is -1.00 e. The largest absolute Gasteiger partial charge is 1.00 e. The van der Waals surface area contributed by atoms with Gasteiger partial charge in [-0.25, -0.2) is 0 Å². The normalized spacial score (nSPS) is 9.38. The van der Waals surface area contributed by atoms with Crippen LogP contribution in [0.5, 0.6) is 0 Å². The van der Waals surface area contributed by atoms with Gasteiger partial charge < -0.3 is 13.1 Å². The van der Waals surface area contributed by atoms with Gasteiger partial charge in [-0.1, -0.05) is 13.8 Å². The molecule has 0 radical (unpaired) electrons. The molecule has 0 saturated heterocycles. The molecule has 0 aromatic rings. The van der Waals surface area contributed by atoms with E-state index < -0.39 is 17.4 Å². The third-order valence-electron chi connectivity index (χ3n) is 1.26. The van der Waals surface area contributed by atoms with Crippen molar-refractivity contribution in [1.29, 1.82) is 0 Å². The molecule has 6 heteroatoms. The molecular formula is C7H14Na2O4. The van der Waals surface area contributed by atoms with Crippen LogP contribution in [0.2, 0.25) is 0 Å². The van der Waals surface area contributed by atoms with Gasteiger partial charge in [-0.15, -0.1) is 0 Å². The number of rotatable bonds is 4. The Kier molecular flexibility index (Phi) is 12.4. The van der Waals surface area contributed by atoms with Crippen molar-refractivity contribution in [3.8, 4) is 0 Å². The maximum absolute atomic E-state index is 10.2. The standard InChI is InChI=1S/C7H12O4.2Na.2H/c1-7(2,3-5(8)9)4-6(10)11;;;;/h3-4H2,1-2H3,(H,8,9)(H,10,11);;;;/q;2*+1;2*-1. The molecular weight excluding hydrogens is 194 g/mol. The molecule has 68 valence electrons. The van der Waals surface area contributed by atoms with Crippen molar-refractivity contribution in [2.75, 3.05) is 0 Å². The Bertz CT molecular complexity index is 170. The second-order valence-electron chi connectivity index (χ2n) is 3.31. The van der Waals surface area contributed by atoms with E-state index in [1.165, 1.54) is 0 Å². The fourth-order valence-electron chi connectivity index (χ4n) is 0.881. The number of carboxylic acid groups (broad SMARTS) is 2. The monoisotopic (exact) mass is 208 g/mol. The van der Waals surface area contributed by atoms with Gasteiger partial charge in [0.1, 0.15) is 0 Å². The first-order valence-electron chi connectivity index (χ1n) is 3.27. The molecule has 0 saturated carbocycles. The van der Waals surface area contributed by atoms with Crippen molar-refractivity contribution in [2.24, 2.45) is 5.41 Å². The zero-order valence-electron chi connectivity index (χ0n) is 10.6. The molecule has 0 rings (SSSR count). The molecule has 4 nitrogen and oxygen atoms in total. The molecule has 13 heavy (non-hydrogen) atoms. The van der Waals surface area contributed by atoms with Crippen molar-refractivity contribution in [2.45, 2.75) is 26.7 Å². The van der Waals surface area contributed by atoms with E-state index in [0.29, 0.717) is 0 Å². The van der Waals surface area contributed by atoms with E-state index in [9.17, 15) is 9.59 Å². The van der Waals surface area contributed by atoms with Crippen LogP contribution >= 0.6 is 0 Å². The molecule has 0 fully saturated rings. The van der Waals surface area contributed by atoms with E-state index in [1.807, 2.05) is 0 Å². The van der Waals surface area contributed by atoms with Gasteiger partial charge in [0.25, 0.3) is 0 Å². The third kappa shape index (κ3) is 12.9. The topological polar surface area (TPSA) is 74.6 Å². The summed E-state index contributed by atoms with van der Waals surface area (Å²) in [6.45, 7) is 3.24. The van der Waals surface area contributed by atoms with Gasteiger partial charge in [0.15, 0.2) is 0 Å². The summed E-state index contributed by atoms with van der Waals surface area (Å²) in [5.41, 5.74) is -0.655. The summed E-state index contributed by atoms with van der Waals surface area (Å²) in [4.78, 5) is 20.4. The molecule has 0 spiro atoms. The van der Waals surface area contributed by atoms with Crippen LogP contribution in [0.3, 0.4) is 0 Å². The second-order valence-corrected chi connectivity index (χ2v) is 3.31. The summed E-state index contributed by atoms with van der Waals surface area (Å²) in [6.07, 6.45) is -0.224. The van der Waals surface area contributed by atoms with Gasteiger partial charge in [0.05, 0.1) is 12.8 Å². The van der Waals surface area contributed by atoms with Crippen molar-refractivity contribution < 1.29 is 81.8 Å². The van der Waals surface area contributed by atoms with Gasteiger partial charge in [0.2, 0.25) is 0 Å². The Morgan fingerprint density at radius 1 is 1.08 bits per heavy atom. The van der Waals surface area contributed by atoms with E-state index in [4.69, 9.17) is 10.2 Å². The number of hydrogen-bond acceptors (Lipinski definition) is 2. The number of carbonyl (C=O) groups is 2. The summed E-state index contributed by atoms with van der Waals surface area (Å²) in [6, 6.07) is 0. The van der Waals surface area contributed by atoms with E-state index in [0.717, 1.165) is 0 Å². The first-order valence-corrected chi connectivity index (χ1v) is 3.27. The zero-order chi connectivity index (χ0) is 9.07. The second kappa shape index (κ2) is 8.26. The average Bonchev–Trinajstić information content (AvgIpc) is 1.53. The minimum absolute atomic E-state index is 0. The van der Waals surface area contributed by atoms with Crippen LogP contribution in [-0.2, 0) is 9.59 Å². The number of aliphatic carboxylic acids is 2. The molecule has 2 N–H and O–H groups in total. The van der Waals surface area contributed by atoms with Crippen LogP contribution in [0, 0.1) is 5.41 Å². The van der Waals surface area contributed by atoms with Gasteiger partial charge in [-0.2, -0.15) is 0 Å². The maximum Gasteiger partial charge on any atom is 1.00 e. The Labute approximate surface area is 125 Å². The third-order valence-corrected chi connectivity index (χ3v) is 1.26. The van der Waals surface area contributed by atoms with E-state index in [2.05, 4.69) is 0 Å². The fourth-order valence-corrected chi connectivity index (χ4v) is 0.881. The van der Waals surface area contributed by atoms with Crippen LogP contribution in [0.15, 0.2) is 0 Å². The van der Waals surface area contributed by atoms with Crippen LogP contribution in [0.1, 0.15) is 29.5 Å². The summed E-state index contributed by atoms with van der Waals surface area (Å²) in [5, 5.41) is 16.7. The summed E-state index contributed by atoms with van der Waals surface area (Å²) >= 11 is 0. The Hall–Kier alpha value is 0.940. The molecule has 0 heterocycles. The Morgan fingerprint density at radius 3 is 1.46 bits per heavy atom. The fraction of sp³-hybridized carbons (Fsp3) is 0.714. The first-order chi connectivity index (χ1) is 4.83. The molecule has 0 aromatic heterocycles. The van der Waals surface area contributed by atoms with Gasteiger partial charge in [0, 0.05) is 0 Å². The molecule has 0 aliphatic rings.